The Morgan fingerprint density at radius 2 is 0.857 bits per heavy atom. The number of amides is 2. The van der Waals surface area contributed by atoms with E-state index in [1.807, 2.05) is 121 Å². The number of methoxy groups -OCH3 is 3. The topological polar surface area (TPSA) is 198 Å². The van der Waals surface area contributed by atoms with Gasteiger partial charge in [-0.1, -0.05) is 135 Å². The number of aliphatic carboxylic acids is 1. The van der Waals surface area contributed by atoms with Gasteiger partial charge >= 0.3 is 5.97 Å². The number of hydrogen-bond donors (Lipinski definition) is 3. The summed E-state index contributed by atoms with van der Waals surface area (Å²) in [6.07, 6.45) is 7.07. The van der Waals surface area contributed by atoms with Gasteiger partial charge in [-0.3, -0.25) is 28.8 Å². The molecule has 3 aliphatic rings. The van der Waals surface area contributed by atoms with Gasteiger partial charge in [-0.15, -0.1) is 0 Å². The average molecular weight is 1420 g/mol. The maximum Gasteiger partial charge on any atom is 0.305 e. The molecule has 6 aromatic rings. The Kier molecular flexibility index (Phi) is 33.0. The molecule has 0 bridgehead atoms. The first-order valence-electron chi connectivity index (χ1n) is 34.2. The minimum Gasteiger partial charge on any atom is -0.497 e. The van der Waals surface area contributed by atoms with Crippen LogP contribution in [0.5, 0.6) is 17.2 Å². The van der Waals surface area contributed by atoms with Crippen molar-refractivity contribution in [3.05, 3.63) is 194 Å². The number of carboxylic acids is 1. The van der Waals surface area contributed by atoms with E-state index in [1.54, 1.807) is 38.4 Å². The highest BCUT2D eigenvalue weighted by molar-refractivity contribution is 6.74. The molecule has 0 spiro atoms. The lowest BCUT2D eigenvalue weighted by Crippen LogP contribution is -2.44. The maximum absolute atomic E-state index is 12.9. The first-order chi connectivity index (χ1) is 46.8. The van der Waals surface area contributed by atoms with Gasteiger partial charge in [0.1, 0.15) is 34.6 Å². The number of benzene rings is 6. The van der Waals surface area contributed by atoms with Gasteiger partial charge in [0.2, 0.25) is 11.8 Å². The number of piperidine rings is 3. The van der Waals surface area contributed by atoms with Crippen molar-refractivity contribution in [1.29, 1.82) is 0 Å². The van der Waals surface area contributed by atoms with Crippen molar-refractivity contribution in [2.24, 2.45) is 17.8 Å². The molecule has 6 aromatic carbocycles. The summed E-state index contributed by atoms with van der Waals surface area (Å²) in [5.74, 6) is 3.84. The molecule has 3 heterocycles. The molecule has 0 aliphatic carbocycles. The van der Waals surface area contributed by atoms with Gasteiger partial charge in [0.15, 0.2) is 8.32 Å². The summed E-state index contributed by atoms with van der Waals surface area (Å²) in [6, 6.07) is 46.7. The minimum atomic E-state index is -1.74. The number of carboxylic acid groups (broad SMARTS) is 1. The van der Waals surface area contributed by atoms with Crippen LogP contribution in [0.2, 0.25) is 33.2 Å². The van der Waals surface area contributed by atoms with Crippen LogP contribution < -0.4 is 19.5 Å². The van der Waals surface area contributed by atoms with E-state index in [0.717, 1.165) is 84.8 Å². The fourth-order valence-electron chi connectivity index (χ4n) is 12.8. The molecule has 9 rings (SSSR count). The van der Waals surface area contributed by atoms with Gasteiger partial charge in [0.25, 0.3) is 0 Å². The van der Waals surface area contributed by atoms with E-state index in [1.165, 1.54) is 11.1 Å². The molecule has 98 heavy (non-hydrogen) atoms. The van der Waals surface area contributed by atoms with Crippen LogP contribution in [0.4, 0.5) is 0 Å². The Labute approximate surface area is 597 Å². The Morgan fingerprint density at radius 3 is 1.18 bits per heavy atom. The van der Waals surface area contributed by atoms with Gasteiger partial charge in [0.05, 0.1) is 34.4 Å². The van der Waals surface area contributed by atoms with E-state index in [2.05, 4.69) is 63.4 Å². The zero-order valence-electron chi connectivity index (χ0n) is 58.7. The SMILES string of the molecule is CC(C)(C)[Si](C)(C)OCCC(=O)O.CCCC(=O)N1CCC(c2ccc(OC)cc2)[C@H](CC(=O)Cc2ccc(Cl)cc2)C1.COc1ccc(C2CCN(C(=O)CCO)C[C@H]2CC(=O)Cc2ccc(Cl)cc2)cc1.COc1ccc(C2CCNC[C@H]2CC(=O)Cc2ccc(Cl)cc2)cc1. The molecule has 530 valence electrons. The summed E-state index contributed by atoms with van der Waals surface area (Å²) < 4.78 is 21.4. The first kappa shape index (κ1) is 80.1. The lowest BCUT2D eigenvalue weighted by Gasteiger charge is -2.39. The van der Waals surface area contributed by atoms with Crippen molar-refractivity contribution in [2.75, 3.05) is 73.8 Å². The summed E-state index contributed by atoms with van der Waals surface area (Å²) in [6.45, 7) is 17.3. The van der Waals surface area contributed by atoms with E-state index in [-0.39, 0.29) is 77.3 Å². The highest BCUT2D eigenvalue weighted by Gasteiger charge is 2.38. The number of carbonyl (C=O) groups is 6. The molecule has 0 radical (unpaired) electrons. The van der Waals surface area contributed by atoms with Crippen molar-refractivity contribution >= 4 is 78.3 Å². The van der Waals surface area contributed by atoms with Crippen LogP contribution in [0, 0.1) is 17.8 Å². The Hall–Kier alpha value is -6.89. The molecule has 3 saturated heterocycles. The molecule has 6 atom stereocenters. The van der Waals surface area contributed by atoms with E-state index in [9.17, 15) is 28.8 Å². The molecular formula is C79H102Cl3N3O12Si. The summed E-state index contributed by atoms with van der Waals surface area (Å²) in [5.41, 5.74) is 6.61. The second-order valence-corrected chi connectivity index (χ2v) is 33.4. The van der Waals surface area contributed by atoms with Crippen LogP contribution in [0.1, 0.15) is 143 Å². The standard InChI is InChI=1S/C25H30ClNO3.C24H28ClNO4.C21H24ClNO2.C9H20O3Si/c1-3-4-25(29)27-14-13-24(19-7-11-23(30-2)12-8-19)20(17-27)16-22(28)15-18-5-9-21(26)10-6-18;1-30-22-8-4-18(5-9-22)23-10-12-26(24(29)11-13-27)16-19(23)15-21(28)14-17-2-6-20(25)7-3-17;1-25-20-8-4-16(5-9-20)21-10-11-23-14-17(21)13-19(24)12-15-2-6-18(22)7-3-15;1-9(2,3)13(4,5)12-7-6-8(10)11/h5-12,20,24H,3-4,13-17H2,1-2H3;2-9,19,23,27H,10-16H2,1H3;2-9,17,21,23H,10-14H2,1H3;6-7H2,1-5H3,(H,10,11)/t20-,24?;19-,23?;17-,21?;/m111./s1. The predicted octanol–water partition coefficient (Wildman–Crippen LogP) is 15.9. The molecule has 0 aromatic heterocycles. The number of aliphatic hydroxyl groups excluding tert-OH is 1. The van der Waals surface area contributed by atoms with E-state index >= 15 is 0 Å². The highest BCUT2D eigenvalue weighted by atomic mass is 35.5. The Bertz CT molecular complexity index is 3300. The molecule has 19 heteroatoms. The second kappa shape index (κ2) is 40.4. The third-order valence-corrected chi connectivity index (χ3v) is 24.5. The number of aliphatic hydroxyl groups is 1. The van der Waals surface area contributed by atoms with Crippen molar-refractivity contribution in [3.8, 4) is 17.2 Å². The fourth-order valence-corrected chi connectivity index (χ4v) is 14.2. The monoisotopic (exact) mass is 1420 g/mol. The molecular weight excluding hydrogens is 1320 g/mol. The fraction of sp³-hybridized carbons (Fsp3) is 0.468. The smallest absolute Gasteiger partial charge is 0.305 e. The molecule has 0 saturated carbocycles. The molecule has 3 fully saturated rings. The average Bonchev–Trinajstić information content (AvgIpc) is 0.863. The number of likely N-dealkylation sites (tertiary alicyclic amines) is 2. The van der Waals surface area contributed by atoms with Crippen LogP contribution >= 0.6 is 34.8 Å². The number of rotatable bonds is 26. The number of Topliss-reactive ketones (excluding diaryl/α,β-unsaturated/α-hetero) is 3. The van der Waals surface area contributed by atoms with Gasteiger partial charge in [0, 0.05) is 99.2 Å². The molecule has 2 amide bonds. The number of ether oxygens (including phenoxy) is 3. The summed E-state index contributed by atoms with van der Waals surface area (Å²) in [4.78, 5) is 77.1. The molecule has 3 aliphatic heterocycles. The number of nitrogens with zero attached hydrogens (tertiary/aromatic N) is 2. The number of nitrogens with one attached hydrogen (secondary N) is 1. The minimum absolute atomic E-state index is 0.0367. The summed E-state index contributed by atoms with van der Waals surface area (Å²) in [5, 5.41) is 23.2. The van der Waals surface area contributed by atoms with Crippen molar-refractivity contribution in [3.63, 3.8) is 0 Å². The second-order valence-electron chi connectivity index (χ2n) is 27.3. The first-order valence-corrected chi connectivity index (χ1v) is 38.3. The number of ketones is 3. The van der Waals surface area contributed by atoms with Gasteiger partial charge in [-0.05, 0) is 199 Å². The third-order valence-electron chi connectivity index (χ3n) is 19.2. The van der Waals surface area contributed by atoms with Crippen LogP contribution in [0.25, 0.3) is 0 Å². The van der Waals surface area contributed by atoms with Crippen LogP contribution in [-0.4, -0.2) is 137 Å². The van der Waals surface area contributed by atoms with Gasteiger partial charge in [-0.25, -0.2) is 0 Å². The quantitative estimate of drug-likeness (QED) is 0.0434. The lowest BCUT2D eigenvalue weighted by atomic mass is 9.77. The largest absolute Gasteiger partial charge is 0.497 e. The zero-order valence-corrected chi connectivity index (χ0v) is 61.9. The van der Waals surface area contributed by atoms with Crippen LogP contribution in [-0.2, 0) is 52.5 Å². The number of hydrogen-bond acceptors (Lipinski definition) is 12. The number of halogens is 3. The van der Waals surface area contributed by atoms with Crippen molar-refractivity contribution in [1.82, 2.24) is 15.1 Å². The van der Waals surface area contributed by atoms with E-state index < -0.39 is 14.3 Å². The van der Waals surface area contributed by atoms with E-state index in [4.69, 9.17) is 63.7 Å². The van der Waals surface area contributed by atoms with Crippen molar-refractivity contribution < 1.29 is 57.6 Å². The molecule has 3 unspecified atom stereocenters. The predicted molar refractivity (Wildman–Crippen MR) is 394 cm³/mol. The van der Waals surface area contributed by atoms with E-state index in [0.29, 0.717) is 98.1 Å². The zero-order chi connectivity index (χ0) is 71.4. The van der Waals surface area contributed by atoms with Crippen LogP contribution in [0.15, 0.2) is 146 Å². The molecule has 3 N–H and O–H groups in total. The summed E-state index contributed by atoms with van der Waals surface area (Å²) in [7, 11) is 3.24. The van der Waals surface area contributed by atoms with Gasteiger partial charge < -0.3 is 44.0 Å². The molecule has 15 nitrogen and oxygen atoms in total. The normalized spacial score (nSPS) is 18.4. The van der Waals surface area contributed by atoms with Crippen LogP contribution in [0.3, 0.4) is 0 Å². The third kappa shape index (κ3) is 26.3. The number of carbonyl (C=O) groups excluding carboxylic acids is 5. The van der Waals surface area contributed by atoms with Crippen molar-refractivity contribution in [2.45, 2.75) is 147 Å². The highest BCUT2D eigenvalue weighted by Crippen LogP contribution is 2.40. The summed E-state index contributed by atoms with van der Waals surface area (Å²) >= 11 is 17.8. The lowest BCUT2D eigenvalue weighted by molar-refractivity contribution is -0.138. The Balaban J connectivity index is 0.000000214. The Morgan fingerprint density at radius 1 is 0.510 bits per heavy atom. The van der Waals surface area contributed by atoms with Gasteiger partial charge in [-0.2, -0.15) is 0 Å². The maximum atomic E-state index is 12.9.